The molecule has 3 amide bonds. The third kappa shape index (κ3) is 3.99. The SMILES string of the molecule is Cc1ccccc1CNC(=O)NC(=O)c1cc(Cl)ccc1N. The van der Waals surface area contributed by atoms with Gasteiger partial charge < -0.3 is 11.1 Å². The van der Waals surface area contributed by atoms with E-state index in [1.165, 1.54) is 12.1 Å². The van der Waals surface area contributed by atoms with E-state index in [9.17, 15) is 9.59 Å². The Kier molecular flexibility index (Phi) is 5.01. The van der Waals surface area contributed by atoms with E-state index in [2.05, 4.69) is 10.6 Å². The van der Waals surface area contributed by atoms with Gasteiger partial charge in [0.25, 0.3) is 5.91 Å². The van der Waals surface area contributed by atoms with Crippen molar-refractivity contribution in [2.24, 2.45) is 0 Å². The summed E-state index contributed by atoms with van der Waals surface area (Å²) in [6.45, 7) is 2.28. The molecule has 0 bridgehead atoms. The van der Waals surface area contributed by atoms with Crippen LogP contribution in [0.4, 0.5) is 10.5 Å². The summed E-state index contributed by atoms with van der Waals surface area (Å²) in [5.41, 5.74) is 8.17. The molecule has 2 rings (SSSR count). The van der Waals surface area contributed by atoms with E-state index >= 15 is 0 Å². The number of urea groups is 1. The number of imide groups is 1. The van der Waals surface area contributed by atoms with E-state index in [0.29, 0.717) is 11.6 Å². The molecule has 0 aliphatic rings. The Balaban J connectivity index is 1.96. The van der Waals surface area contributed by atoms with E-state index < -0.39 is 11.9 Å². The summed E-state index contributed by atoms with van der Waals surface area (Å²) < 4.78 is 0. The molecule has 114 valence electrons. The van der Waals surface area contributed by atoms with Gasteiger partial charge in [-0.3, -0.25) is 10.1 Å². The second kappa shape index (κ2) is 6.95. The molecule has 5 nitrogen and oxygen atoms in total. The van der Waals surface area contributed by atoms with Crippen molar-refractivity contribution < 1.29 is 9.59 Å². The number of carbonyl (C=O) groups excluding carboxylic acids is 2. The van der Waals surface area contributed by atoms with Gasteiger partial charge in [0, 0.05) is 17.3 Å². The van der Waals surface area contributed by atoms with E-state index in [1.807, 2.05) is 31.2 Å². The van der Waals surface area contributed by atoms with Crippen molar-refractivity contribution >= 4 is 29.2 Å². The standard InChI is InChI=1S/C16H16ClN3O2/c1-10-4-2-3-5-11(10)9-19-16(22)20-15(21)13-8-12(17)6-7-14(13)18/h2-8H,9,18H2,1H3,(H2,19,20,21,22). The van der Waals surface area contributed by atoms with Crippen LogP contribution in [0, 0.1) is 6.92 Å². The highest BCUT2D eigenvalue weighted by Crippen LogP contribution is 2.17. The van der Waals surface area contributed by atoms with Gasteiger partial charge in [-0.2, -0.15) is 0 Å². The van der Waals surface area contributed by atoms with Gasteiger partial charge in [0.2, 0.25) is 0 Å². The summed E-state index contributed by atoms with van der Waals surface area (Å²) in [7, 11) is 0. The quantitative estimate of drug-likeness (QED) is 0.761. The number of carbonyl (C=O) groups is 2. The number of nitrogen functional groups attached to an aromatic ring is 1. The number of nitrogens with two attached hydrogens (primary N) is 1. The first-order valence-electron chi connectivity index (χ1n) is 6.66. The highest BCUT2D eigenvalue weighted by atomic mass is 35.5. The second-order valence-corrected chi connectivity index (χ2v) is 5.23. The molecule has 0 radical (unpaired) electrons. The highest BCUT2D eigenvalue weighted by Gasteiger charge is 2.13. The smallest absolute Gasteiger partial charge is 0.321 e. The maximum absolute atomic E-state index is 12.0. The molecule has 2 aromatic carbocycles. The first-order chi connectivity index (χ1) is 10.5. The lowest BCUT2D eigenvalue weighted by Gasteiger charge is -2.10. The van der Waals surface area contributed by atoms with Crippen LogP contribution in [0.3, 0.4) is 0 Å². The van der Waals surface area contributed by atoms with Gasteiger partial charge in [-0.15, -0.1) is 0 Å². The molecular formula is C16H16ClN3O2. The van der Waals surface area contributed by atoms with E-state index in [1.54, 1.807) is 6.07 Å². The Labute approximate surface area is 133 Å². The predicted octanol–water partition coefficient (Wildman–Crippen LogP) is 2.87. The fourth-order valence-corrected chi connectivity index (χ4v) is 2.10. The van der Waals surface area contributed by atoms with Crippen molar-refractivity contribution in [3.63, 3.8) is 0 Å². The van der Waals surface area contributed by atoms with Gasteiger partial charge in [0.05, 0.1) is 5.56 Å². The van der Waals surface area contributed by atoms with E-state index in [-0.39, 0.29) is 11.3 Å². The van der Waals surface area contributed by atoms with Crippen LogP contribution in [0.25, 0.3) is 0 Å². The van der Waals surface area contributed by atoms with Crippen LogP contribution in [0.1, 0.15) is 21.5 Å². The Morgan fingerprint density at radius 1 is 1.18 bits per heavy atom. The van der Waals surface area contributed by atoms with Crippen LogP contribution in [-0.4, -0.2) is 11.9 Å². The van der Waals surface area contributed by atoms with Crippen LogP contribution in [0.2, 0.25) is 5.02 Å². The number of anilines is 1. The average Bonchev–Trinajstić information content (AvgIpc) is 2.48. The molecule has 2 aromatic rings. The molecule has 0 saturated heterocycles. The summed E-state index contributed by atoms with van der Waals surface area (Å²) in [6, 6.07) is 11.6. The minimum atomic E-state index is -0.595. The largest absolute Gasteiger partial charge is 0.398 e. The molecule has 0 aromatic heterocycles. The lowest BCUT2D eigenvalue weighted by molar-refractivity contribution is 0.0965. The third-order valence-corrected chi connectivity index (χ3v) is 3.42. The van der Waals surface area contributed by atoms with Crippen LogP contribution in [-0.2, 0) is 6.54 Å². The van der Waals surface area contributed by atoms with E-state index in [4.69, 9.17) is 17.3 Å². The number of halogens is 1. The van der Waals surface area contributed by atoms with Crippen molar-refractivity contribution in [3.8, 4) is 0 Å². The summed E-state index contributed by atoms with van der Waals surface area (Å²) in [5.74, 6) is -0.595. The maximum atomic E-state index is 12.0. The second-order valence-electron chi connectivity index (χ2n) is 4.79. The molecule has 0 aliphatic carbocycles. The van der Waals surface area contributed by atoms with Gasteiger partial charge in [0.1, 0.15) is 0 Å². The lowest BCUT2D eigenvalue weighted by atomic mass is 10.1. The number of rotatable bonds is 3. The normalized spacial score (nSPS) is 10.1. The molecule has 4 N–H and O–H groups in total. The molecular weight excluding hydrogens is 302 g/mol. The van der Waals surface area contributed by atoms with Crippen LogP contribution < -0.4 is 16.4 Å². The molecule has 22 heavy (non-hydrogen) atoms. The molecule has 0 aliphatic heterocycles. The van der Waals surface area contributed by atoms with Crippen molar-refractivity contribution in [3.05, 3.63) is 64.2 Å². The molecule has 6 heteroatoms. The van der Waals surface area contributed by atoms with Gasteiger partial charge in [0.15, 0.2) is 0 Å². The predicted molar refractivity (Wildman–Crippen MR) is 86.7 cm³/mol. The first-order valence-corrected chi connectivity index (χ1v) is 7.04. The minimum Gasteiger partial charge on any atom is -0.398 e. The number of hydrogen-bond donors (Lipinski definition) is 3. The molecule has 0 unspecified atom stereocenters. The topological polar surface area (TPSA) is 84.2 Å². The van der Waals surface area contributed by atoms with Gasteiger partial charge in [-0.1, -0.05) is 35.9 Å². The van der Waals surface area contributed by atoms with Gasteiger partial charge >= 0.3 is 6.03 Å². The van der Waals surface area contributed by atoms with Crippen molar-refractivity contribution in [1.29, 1.82) is 0 Å². The van der Waals surface area contributed by atoms with Gasteiger partial charge in [-0.05, 0) is 36.2 Å². The molecule has 0 fully saturated rings. The molecule has 0 saturated carbocycles. The third-order valence-electron chi connectivity index (χ3n) is 3.19. The maximum Gasteiger partial charge on any atom is 0.321 e. The Bertz CT molecular complexity index is 716. The Morgan fingerprint density at radius 2 is 1.91 bits per heavy atom. The van der Waals surface area contributed by atoms with Gasteiger partial charge in [-0.25, -0.2) is 4.79 Å². The number of nitrogens with one attached hydrogen (secondary N) is 2. The molecule has 0 spiro atoms. The number of hydrogen-bond acceptors (Lipinski definition) is 3. The molecule has 0 heterocycles. The number of aryl methyl sites for hydroxylation is 1. The van der Waals surface area contributed by atoms with Crippen molar-refractivity contribution in [2.45, 2.75) is 13.5 Å². The Hall–Kier alpha value is -2.53. The zero-order valence-electron chi connectivity index (χ0n) is 12.0. The fourth-order valence-electron chi connectivity index (χ4n) is 1.92. The van der Waals surface area contributed by atoms with Crippen LogP contribution >= 0.6 is 11.6 Å². The fraction of sp³-hybridized carbons (Fsp3) is 0.125. The lowest BCUT2D eigenvalue weighted by Crippen LogP contribution is -2.39. The zero-order chi connectivity index (χ0) is 16.1. The van der Waals surface area contributed by atoms with Crippen molar-refractivity contribution in [2.75, 3.05) is 5.73 Å². The van der Waals surface area contributed by atoms with Crippen LogP contribution in [0.15, 0.2) is 42.5 Å². The van der Waals surface area contributed by atoms with Crippen molar-refractivity contribution in [1.82, 2.24) is 10.6 Å². The number of benzene rings is 2. The average molecular weight is 318 g/mol. The number of amides is 3. The summed E-state index contributed by atoms with van der Waals surface area (Å²) >= 11 is 5.82. The zero-order valence-corrected chi connectivity index (χ0v) is 12.8. The summed E-state index contributed by atoms with van der Waals surface area (Å²) in [4.78, 5) is 23.8. The summed E-state index contributed by atoms with van der Waals surface area (Å²) in [6.07, 6.45) is 0. The van der Waals surface area contributed by atoms with E-state index in [0.717, 1.165) is 11.1 Å². The highest BCUT2D eigenvalue weighted by molar-refractivity contribution is 6.31. The minimum absolute atomic E-state index is 0.165. The Morgan fingerprint density at radius 3 is 2.64 bits per heavy atom. The first kappa shape index (κ1) is 15.9. The summed E-state index contributed by atoms with van der Waals surface area (Å²) in [5, 5.41) is 5.23. The monoisotopic (exact) mass is 317 g/mol. The molecule has 0 atom stereocenters. The van der Waals surface area contributed by atoms with Crippen LogP contribution in [0.5, 0.6) is 0 Å².